The number of halogens is 2. The number of anilines is 1. The lowest BCUT2D eigenvalue weighted by atomic mass is 10.3. The van der Waals surface area contributed by atoms with Crippen molar-refractivity contribution in [1.29, 1.82) is 0 Å². The van der Waals surface area contributed by atoms with Crippen LogP contribution >= 0.6 is 11.6 Å². The van der Waals surface area contributed by atoms with Crippen molar-refractivity contribution in [3.8, 4) is 5.75 Å². The van der Waals surface area contributed by atoms with Crippen molar-refractivity contribution in [2.24, 2.45) is 0 Å². The van der Waals surface area contributed by atoms with Gasteiger partial charge in [-0.15, -0.1) is 0 Å². The third-order valence-corrected chi connectivity index (χ3v) is 1.70. The molecule has 0 heterocycles. The molecule has 0 spiro atoms. The van der Waals surface area contributed by atoms with E-state index in [1.807, 2.05) is 0 Å². The number of nitrogens with two attached hydrogens (primary N) is 1. The minimum absolute atomic E-state index is 0.0302. The van der Waals surface area contributed by atoms with Crippen LogP contribution in [-0.4, -0.2) is 18.3 Å². The fourth-order valence-electron chi connectivity index (χ4n) is 0.811. The van der Waals surface area contributed by atoms with E-state index < -0.39 is 5.82 Å². The van der Waals surface area contributed by atoms with Crippen molar-refractivity contribution in [2.75, 3.05) is 18.9 Å². The van der Waals surface area contributed by atoms with E-state index in [9.17, 15) is 4.39 Å². The molecule has 3 nitrogen and oxygen atoms in total. The van der Waals surface area contributed by atoms with Gasteiger partial charge in [0.1, 0.15) is 18.2 Å². The van der Waals surface area contributed by atoms with Gasteiger partial charge in [-0.05, 0) is 6.07 Å². The molecule has 0 aliphatic rings. The SMILES string of the molecule is Nc1cc(OCCO)c(Cl)cc1F. The highest BCUT2D eigenvalue weighted by molar-refractivity contribution is 6.32. The predicted octanol–water partition coefficient (Wildman–Crippen LogP) is 1.43. The van der Waals surface area contributed by atoms with E-state index in [1.54, 1.807) is 0 Å². The van der Waals surface area contributed by atoms with E-state index in [2.05, 4.69) is 0 Å². The second kappa shape index (κ2) is 4.30. The number of aliphatic hydroxyl groups excluding tert-OH is 1. The van der Waals surface area contributed by atoms with Gasteiger partial charge in [-0.3, -0.25) is 0 Å². The normalized spacial score (nSPS) is 10.1. The third-order valence-electron chi connectivity index (χ3n) is 1.40. The molecule has 0 bridgehead atoms. The van der Waals surface area contributed by atoms with Crippen LogP contribution in [0, 0.1) is 5.82 Å². The van der Waals surface area contributed by atoms with E-state index in [0.717, 1.165) is 6.07 Å². The molecule has 13 heavy (non-hydrogen) atoms. The summed E-state index contributed by atoms with van der Waals surface area (Å²) >= 11 is 5.64. The number of ether oxygens (including phenoxy) is 1. The number of aliphatic hydroxyl groups is 1. The summed E-state index contributed by atoms with van der Waals surface area (Å²) in [5, 5.41) is 8.61. The highest BCUT2D eigenvalue weighted by Crippen LogP contribution is 2.28. The first-order chi connectivity index (χ1) is 6.15. The van der Waals surface area contributed by atoms with Gasteiger partial charge in [-0.25, -0.2) is 4.39 Å². The maximum Gasteiger partial charge on any atom is 0.147 e. The van der Waals surface area contributed by atoms with Gasteiger partial charge in [0.25, 0.3) is 0 Å². The smallest absolute Gasteiger partial charge is 0.147 e. The first kappa shape index (κ1) is 10.1. The number of hydrogen-bond donors (Lipinski definition) is 2. The summed E-state index contributed by atoms with van der Waals surface area (Å²) in [6.45, 7) is -0.0294. The van der Waals surface area contributed by atoms with Crippen molar-refractivity contribution in [2.45, 2.75) is 0 Å². The monoisotopic (exact) mass is 205 g/mol. The van der Waals surface area contributed by atoms with Gasteiger partial charge in [-0.1, -0.05) is 11.6 Å². The van der Waals surface area contributed by atoms with Crippen molar-refractivity contribution >= 4 is 17.3 Å². The Morgan fingerprint density at radius 3 is 2.85 bits per heavy atom. The number of hydrogen-bond acceptors (Lipinski definition) is 3. The van der Waals surface area contributed by atoms with Crippen molar-refractivity contribution in [3.63, 3.8) is 0 Å². The van der Waals surface area contributed by atoms with Crippen molar-refractivity contribution < 1.29 is 14.2 Å². The first-order valence-electron chi connectivity index (χ1n) is 3.63. The van der Waals surface area contributed by atoms with Crippen LogP contribution in [0.3, 0.4) is 0 Å². The van der Waals surface area contributed by atoms with Crippen LogP contribution in [0.4, 0.5) is 10.1 Å². The molecule has 1 aromatic rings. The minimum atomic E-state index is -0.582. The molecule has 5 heteroatoms. The highest BCUT2D eigenvalue weighted by atomic mass is 35.5. The van der Waals surface area contributed by atoms with E-state index >= 15 is 0 Å². The Labute approximate surface area is 79.9 Å². The van der Waals surface area contributed by atoms with Crippen LogP contribution in [0.1, 0.15) is 0 Å². The Hall–Kier alpha value is -1.00. The zero-order chi connectivity index (χ0) is 9.84. The van der Waals surface area contributed by atoms with Crippen molar-refractivity contribution in [3.05, 3.63) is 23.0 Å². The summed E-state index contributed by atoms with van der Waals surface area (Å²) in [5.41, 5.74) is 5.25. The van der Waals surface area contributed by atoms with Gasteiger partial charge in [0.05, 0.1) is 17.3 Å². The molecule has 0 aliphatic carbocycles. The van der Waals surface area contributed by atoms with E-state index in [0.29, 0.717) is 0 Å². The summed E-state index contributed by atoms with van der Waals surface area (Å²) in [5.74, 6) is -0.309. The average molecular weight is 206 g/mol. The van der Waals surface area contributed by atoms with Gasteiger partial charge in [0.2, 0.25) is 0 Å². The van der Waals surface area contributed by atoms with Crippen LogP contribution in [0.2, 0.25) is 5.02 Å². The maximum absolute atomic E-state index is 12.8. The van der Waals surface area contributed by atoms with E-state index in [4.69, 9.17) is 27.2 Å². The number of rotatable bonds is 3. The van der Waals surface area contributed by atoms with Gasteiger partial charge >= 0.3 is 0 Å². The first-order valence-corrected chi connectivity index (χ1v) is 4.01. The lowest BCUT2D eigenvalue weighted by Gasteiger charge is -2.07. The molecule has 3 N–H and O–H groups in total. The van der Waals surface area contributed by atoms with Gasteiger partial charge in [0, 0.05) is 6.07 Å². The molecular weight excluding hydrogens is 197 g/mol. The zero-order valence-corrected chi connectivity index (χ0v) is 7.51. The molecule has 0 saturated carbocycles. The molecule has 0 saturated heterocycles. The van der Waals surface area contributed by atoms with Crippen LogP contribution in [-0.2, 0) is 0 Å². The summed E-state index contributed by atoms with van der Waals surface area (Å²) in [7, 11) is 0. The second-order valence-electron chi connectivity index (χ2n) is 2.38. The van der Waals surface area contributed by atoms with Crippen LogP contribution in [0.25, 0.3) is 0 Å². The van der Waals surface area contributed by atoms with E-state index in [-0.39, 0.29) is 29.7 Å². The Morgan fingerprint density at radius 1 is 1.54 bits per heavy atom. The van der Waals surface area contributed by atoms with Crippen molar-refractivity contribution in [1.82, 2.24) is 0 Å². The van der Waals surface area contributed by atoms with E-state index in [1.165, 1.54) is 6.07 Å². The Morgan fingerprint density at radius 2 is 2.23 bits per heavy atom. The molecule has 0 unspecified atom stereocenters. The summed E-state index contributed by atoms with van der Waals surface area (Å²) in [6, 6.07) is 2.36. The molecular formula is C8H9ClFNO2. The molecule has 0 atom stereocenters. The summed E-state index contributed by atoms with van der Waals surface area (Å²) in [6.07, 6.45) is 0. The van der Waals surface area contributed by atoms with Crippen LogP contribution < -0.4 is 10.5 Å². The van der Waals surface area contributed by atoms with Crippen LogP contribution in [0.5, 0.6) is 5.75 Å². The Kier molecular flexibility index (Phi) is 3.33. The minimum Gasteiger partial charge on any atom is -0.490 e. The molecule has 1 rings (SSSR count). The molecule has 0 aliphatic heterocycles. The van der Waals surface area contributed by atoms with Gasteiger partial charge in [-0.2, -0.15) is 0 Å². The molecule has 0 amide bonds. The zero-order valence-electron chi connectivity index (χ0n) is 6.76. The maximum atomic E-state index is 12.8. The number of benzene rings is 1. The highest BCUT2D eigenvalue weighted by Gasteiger charge is 2.06. The molecule has 0 fully saturated rings. The lowest BCUT2D eigenvalue weighted by molar-refractivity contribution is 0.201. The lowest BCUT2D eigenvalue weighted by Crippen LogP contribution is -2.03. The van der Waals surface area contributed by atoms with Gasteiger partial charge in [0.15, 0.2) is 0 Å². The fraction of sp³-hybridized carbons (Fsp3) is 0.250. The molecule has 1 aromatic carbocycles. The Balaban J connectivity index is 2.88. The average Bonchev–Trinajstić information content (AvgIpc) is 2.09. The summed E-state index contributed by atoms with van der Waals surface area (Å²) < 4.78 is 17.8. The Bertz CT molecular complexity index is 306. The quantitative estimate of drug-likeness (QED) is 0.734. The molecule has 72 valence electrons. The standard InChI is InChI=1S/C8H9ClFNO2/c9-5-3-6(10)7(11)4-8(5)13-2-1-12/h3-4,12H,1-2,11H2. The van der Waals surface area contributed by atoms with Gasteiger partial charge < -0.3 is 15.6 Å². The second-order valence-corrected chi connectivity index (χ2v) is 2.78. The number of nitrogen functional groups attached to an aromatic ring is 1. The summed E-state index contributed by atoms with van der Waals surface area (Å²) in [4.78, 5) is 0. The topological polar surface area (TPSA) is 55.5 Å². The molecule has 0 aromatic heterocycles. The third kappa shape index (κ3) is 2.47. The molecule has 0 radical (unpaired) electrons. The largest absolute Gasteiger partial charge is 0.490 e. The predicted molar refractivity (Wildman–Crippen MR) is 48.4 cm³/mol. The van der Waals surface area contributed by atoms with Crippen LogP contribution in [0.15, 0.2) is 12.1 Å². The fourth-order valence-corrected chi connectivity index (χ4v) is 1.02.